The lowest BCUT2D eigenvalue weighted by Gasteiger charge is -2.23. The molecule has 2 N–H and O–H groups in total. The van der Waals surface area contributed by atoms with Crippen molar-refractivity contribution in [1.82, 2.24) is 15.5 Å². The van der Waals surface area contributed by atoms with Gasteiger partial charge in [-0.25, -0.2) is 0 Å². The van der Waals surface area contributed by atoms with Gasteiger partial charge in [0.05, 0.1) is 12.1 Å². The molecule has 3 unspecified atom stereocenters. The van der Waals surface area contributed by atoms with Crippen LogP contribution in [-0.2, 0) is 14.4 Å². The molecule has 1 aliphatic heterocycles. The van der Waals surface area contributed by atoms with Gasteiger partial charge >= 0.3 is 0 Å². The van der Waals surface area contributed by atoms with Gasteiger partial charge in [0, 0.05) is 13.1 Å². The second kappa shape index (κ2) is 9.45. The number of unbranched alkanes of at least 4 members (excludes halogenated alkanes) is 1. The van der Waals surface area contributed by atoms with Crippen LogP contribution in [0, 0.1) is 5.92 Å². The summed E-state index contributed by atoms with van der Waals surface area (Å²) < 4.78 is 0. The van der Waals surface area contributed by atoms with Gasteiger partial charge in [-0.2, -0.15) is 0 Å². The van der Waals surface area contributed by atoms with Crippen LogP contribution in [0.4, 0.5) is 0 Å². The number of hydrogen-bond donors (Lipinski definition) is 2. The van der Waals surface area contributed by atoms with Crippen LogP contribution in [0.2, 0.25) is 0 Å². The van der Waals surface area contributed by atoms with Crippen LogP contribution < -0.4 is 10.6 Å². The number of nitrogens with one attached hydrogen (secondary N) is 2. The highest BCUT2D eigenvalue weighted by Crippen LogP contribution is 2.21. The van der Waals surface area contributed by atoms with Gasteiger partial charge in [0.2, 0.25) is 11.7 Å². The predicted molar refractivity (Wildman–Crippen MR) is 89.9 cm³/mol. The molecule has 0 radical (unpaired) electrons. The predicted octanol–water partition coefficient (Wildman–Crippen LogP) is 0.873. The molecular formula is C17H29N3O3. The molecule has 6 heteroatoms. The van der Waals surface area contributed by atoms with E-state index in [2.05, 4.69) is 24.1 Å². The molecule has 130 valence electrons. The molecule has 1 aliphatic rings. The van der Waals surface area contributed by atoms with E-state index in [-0.39, 0.29) is 18.5 Å². The quantitative estimate of drug-likeness (QED) is 0.487. The largest absolute Gasteiger partial charge is 0.346 e. The van der Waals surface area contributed by atoms with E-state index in [1.165, 1.54) is 6.08 Å². The summed E-state index contributed by atoms with van der Waals surface area (Å²) in [7, 11) is 1.91. The Hall–Kier alpha value is -1.69. The first-order chi connectivity index (χ1) is 10.9. The summed E-state index contributed by atoms with van der Waals surface area (Å²) in [5, 5.41) is 5.26. The summed E-state index contributed by atoms with van der Waals surface area (Å²) in [6, 6.07) is -0.977. The molecule has 23 heavy (non-hydrogen) atoms. The lowest BCUT2D eigenvalue weighted by atomic mass is 10.0. The second-order valence-corrected chi connectivity index (χ2v) is 6.36. The van der Waals surface area contributed by atoms with Crippen LogP contribution in [0.15, 0.2) is 12.7 Å². The van der Waals surface area contributed by atoms with Crippen molar-refractivity contribution in [3.8, 4) is 0 Å². The molecule has 1 rings (SSSR count). The first-order valence-electron chi connectivity index (χ1n) is 8.34. The smallest absolute Gasteiger partial charge is 0.289 e. The number of amides is 2. The van der Waals surface area contributed by atoms with Crippen LogP contribution in [0.3, 0.4) is 0 Å². The number of likely N-dealkylation sites (N-methyl/N-ethyl adjacent to an activating group) is 1. The Morgan fingerprint density at radius 2 is 2.09 bits per heavy atom. The van der Waals surface area contributed by atoms with E-state index in [0.29, 0.717) is 12.3 Å². The van der Waals surface area contributed by atoms with E-state index >= 15 is 0 Å². The zero-order chi connectivity index (χ0) is 17.4. The molecule has 0 aromatic rings. The maximum Gasteiger partial charge on any atom is 0.289 e. The van der Waals surface area contributed by atoms with Gasteiger partial charge in [-0.1, -0.05) is 32.8 Å². The Morgan fingerprint density at radius 3 is 2.61 bits per heavy atom. The summed E-state index contributed by atoms with van der Waals surface area (Å²) in [5.74, 6) is -0.957. The average molecular weight is 323 g/mol. The van der Waals surface area contributed by atoms with E-state index < -0.39 is 17.7 Å². The average Bonchev–Trinajstić information content (AvgIpc) is 2.86. The van der Waals surface area contributed by atoms with Crippen molar-refractivity contribution >= 4 is 17.6 Å². The van der Waals surface area contributed by atoms with Gasteiger partial charge in [0.15, 0.2) is 0 Å². The van der Waals surface area contributed by atoms with Crippen LogP contribution in [0.25, 0.3) is 0 Å². The van der Waals surface area contributed by atoms with Crippen LogP contribution in [-0.4, -0.2) is 54.7 Å². The first-order valence-corrected chi connectivity index (χ1v) is 8.34. The summed E-state index contributed by atoms with van der Waals surface area (Å²) in [5.41, 5.74) is 0. The van der Waals surface area contributed by atoms with E-state index in [0.717, 1.165) is 25.8 Å². The number of carbonyl (C=O) groups excluding carboxylic acids is 3. The topological polar surface area (TPSA) is 78.5 Å². The maximum atomic E-state index is 12.5. The van der Waals surface area contributed by atoms with Gasteiger partial charge in [-0.15, -0.1) is 6.58 Å². The lowest BCUT2D eigenvalue weighted by Crippen LogP contribution is -2.51. The third-order valence-corrected chi connectivity index (χ3v) is 4.17. The van der Waals surface area contributed by atoms with Crippen molar-refractivity contribution < 1.29 is 14.4 Å². The molecule has 3 atom stereocenters. The Morgan fingerprint density at radius 1 is 1.39 bits per heavy atom. The molecule has 0 aliphatic carbocycles. The zero-order valence-electron chi connectivity index (χ0n) is 14.4. The number of ketones is 1. The summed E-state index contributed by atoms with van der Waals surface area (Å²) in [6.07, 6.45) is 4.45. The van der Waals surface area contributed by atoms with E-state index in [1.807, 2.05) is 18.9 Å². The van der Waals surface area contributed by atoms with Crippen molar-refractivity contribution in [2.75, 3.05) is 20.1 Å². The molecule has 0 saturated carbocycles. The number of likely N-dealkylation sites (tertiary alicyclic amines) is 1. The number of carbonyl (C=O) groups is 3. The fourth-order valence-corrected chi connectivity index (χ4v) is 2.92. The maximum absolute atomic E-state index is 12.5. The van der Waals surface area contributed by atoms with Crippen molar-refractivity contribution in [3.63, 3.8) is 0 Å². The highest BCUT2D eigenvalue weighted by molar-refractivity contribution is 6.38. The van der Waals surface area contributed by atoms with Gasteiger partial charge in [-0.05, 0) is 25.8 Å². The van der Waals surface area contributed by atoms with Crippen LogP contribution >= 0.6 is 0 Å². The molecule has 2 amide bonds. The molecule has 0 spiro atoms. The zero-order valence-corrected chi connectivity index (χ0v) is 14.4. The summed E-state index contributed by atoms with van der Waals surface area (Å²) in [6.45, 7) is 8.72. The first kappa shape index (κ1) is 19.4. The lowest BCUT2D eigenvalue weighted by molar-refractivity contribution is -0.140. The molecule has 0 bridgehead atoms. The number of rotatable bonds is 9. The number of Topliss-reactive ketones (excluding diaryl/α,β-unsaturated/α-hetero) is 1. The van der Waals surface area contributed by atoms with Crippen LogP contribution in [0.5, 0.6) is 0 Å². The third kappa shape index (κ3) is 5.78. The van der Waals surface area contributed by atoms with Crippen molar-refractivity contribution in [3.05, 3.63) is 12.7 Å². The molecule has 1 saturated heterocycles. The van der Waals surface area contributed by atoms with Gasteiger partial charge in [0.25, 0.3) is 5.91 Å². The Labute approximate surface area is 138 Å². The molecule has 1 heterocycles. The second-order valence-electron chi connectivity index (χ2n) is 6.36. The molecule has 6 nitrogen and oxygen atoms in total. The minimum Gasteiger partial charge on any atom is -0.346 e. The minimum atomic E-state index is -0.753. The highest BCUT2D eigenvalue weighted by atomic mass is 16.2. The number of hydrogen-bond acceptors (Lipinski definition) is 4. The fraction of sp³-hybridized carbons (Fsp3) is 0.706. The van der Waals surface area contributed by atoms with E-state index in [1.54, 1.807) is 0 Å². The molecule has 0 aromatic heterocycles. The van der Waals surface area contributed by atoms with Crippen molar-refractivity contribution in [1.29, 1.82) is 0 Å². The van der Waals surface area contributed by atoms with Crippen molar-refractivity contribution in [2.45, 2.75) is 51.6 Å². The highest BCUT2D eigenvalue weighted by Gasteiger charge is 2.35. The Kier molecular flexibility index (Phi) is 7.95. The fourth-order valence-electron chi connectivity index (χ4n) is 2.92. The Bertz CT molecular complexity index is 450. The summed E-state index contributed by atoms with van der Waals surface area (Å²) >= 11 is 0. The molecular weight excluding hydrogens is 294 g/mol. The molecule has 0 aromatic carbocycles. The Balaban J connectivity index is 2.69. The normalized spacial score (nSPS) is 22.4. The van der Waals surface area contributed by atoms with E-state index in [4.69, 9.17) is 0 Å². The molecule has 1 fully saturated rings. The van der Waals surface area contributed by atoms with Gasteiger partial charge < -0.3 is 10.6 Å². The van der Waals surface area contributed by atoms with Gasteiger partial charge in [0.1, 0.15) is 0 Å². The van der Waals surface area contributed by atoms with E-state index in [9.17, 15) is 14.4 Å². The standard InChI is InChI=1S/C17H29N3O3/c1-5-7-8-13(15(21)17(23)18-9-6-2)19-16(22)14-10-12(3)11-20(14)4/h6,12-14H,2,5,7-11H2,1,3-4H3,(H,18,23)(H,19,22). The number of nitrogens with zero attached hydrogens (tertiary/aromatic N) is 1. The third-order valence-electron chi connectivity index (χ3n) is 4.17. The summed E-state index contributed by atoms with van der Waals surface area (Å²) in [4.78, 5) is 38.6. The minimum absolute atomic E-state index is 0.164. The SMILES string of the molecule is C=CCNC(=O)C(=O)C(CCCC)NC(=O)C1CC(C)CN1C. The van der Waals surface area contributed by atoms with Crippen LogP contribution in [0.1, 0.15) is 39.5 Å². The van der Waals surface area contributed by atoms with Crippen molar-refractivity contribution in [2.24, 2.45) is 5.92 Å². The monoisotopic (exact) mass is 323 g/mol. The van der Waals surface area contributed by atoms with Gasteiger partial charge in [-0.3, -0.25) is 19.3 Å².